The van der Waals surface area contributed by atoms with Gasteiger partial charge >= 0.3 is 0 Å². The van der Waals surface area contributed by atoms with E-state index in [-0.39, 0.29) is 5.41 Å². The van der Waals surface area contributed by atoms with E-state index in [0.29, 0.717) is 10.0 Å². The standard InChI is InChI=1S/C14H15Cl2N/c1-8-5-6-9-10(15)7-11(16)12(13(9)17-8)14(2,3)4/h5-7H,1-4H3. The van der Waals surface area contributed by atoms with Crippen LogP contribution in [0.4, 0.5) is 0 Å². The SMILES string of the molecule is Cc1ccc2c(Cl)cc(Cl)c(C(C)(C)C)c2n1. The van der Waals surface area contributed by atoms with E-state index in [2.05, 4.69) is 25.8 Å². The summed E-state index contributed by atoms with van der Waals surface area (Å²) in [5.41, 5.74) is 2.89. The molecule has 1 aromatic heterocycles. The van der Waals surface area contributed by atoms with Crippen molar-refractivity contribution in [1.29, 1.82) is 0 Å². The number of halogens is 2. The second-order valence-corrected chi connectivity index (χ2v) is 6.13. The van der Waals surface area contributed by atoms with Crippen molar-refractivity contribution < 1.29 is 0 Å². The van der Waals surface area contributed by atoms with Gasteiger partial charge in [-0.3, -0.25) is 4.98 Å². The molecule has 0 saturated carbocycles. The van der Waals surface area contributed by atoms with Crippen molar-refractivity contribution >= 4 is 34.1 Å². The first-order valence-corrected chi connectivity index (χ1v) is 6.32. The van der Waals surface area contributed by atoms with Gasteiger partial charge in [-0.2, -0.15) is 0 Å². The number of rotatable bonds is 0. The first-order chi connectivity index (χ1) is 7.80. The minimum absolute atomic E-state index is 0.0548. The number of hydrogen-bond acceptors (Lipinski definition) is 1. The quantitative estimate of drug-likeness (QED) is 0.644. The second-order valence-electron chi connectivity index (χ2n) is 5.31. The molecule has 90 valence electrons. The number of fused-ring (bicyclic) bond motifs is 1. The Morgan fingerprint density at radius 3 is 2.29 bits per heavy atom. The molecule has 0 bridgehead atoms. The molecule has 1 nitrogen and oxygen atoms in total. The van der Waals surface area contributed by atoms with Gasteiger partial charge in [-0.25, -0.2) is 0 Å². The van der Waals surface area contributed by atoms with Crippen LogP contribution in [0.5, 0.6) is 0 Å². The molecule has 2 rings (SSSR count). The summed E-state index contributed by atoms with van der Waals surface area (Å²) in [6.45, 7) is 8.36. The summed E-state index contributed by atoms with van der Waals surface area (Å²) in [6.07, 6.45) is 0. The summed E-state index contributed by atoms with van der Waals surface area (Å²) in [7, 11) is 0. The third-order valence-corrected chi connectivity index (χ3v) is 3.38. The van der Waals surface area contributed by atoms with Gasteiger partial charge in [0.15, 0.2) is 0 Å². The van der Waals surface area contributed by atoms with Crippen molar-refractivity contribution in [3.05, 3.63) is 39.5 Å². The monoisotopic (exact) mass is 267 g/mol. The zero-order chi connectivity index (χ0) is 12.8. The van der Waals surface area contributed by atoms with Crippen molar-refractivity contribution in [1.82, 2.24) is 4.98 Å². The summed E-state index contributed by atoms with van der Waals surface area (Å²) in [5, 5.41) is 2.31. The maximum absolute atomic E-state index is 6.32. The smallest absolute Gasteiger partial charge is 0.0772 e. The Kier molecular flexibility index (Phi) is 3.09. The van der Waals surface area contributed by atoms with Gasteiger partial charge in [0.25, 0.3) is 0 Å². The third kappa shape index (κ3) is 2.27. The minimum atomic E-state index is -0.0548. The van der Waals surface area contributed by atoms with Crippen LogP contribution in [0.1, 0.15) is 32.0 Å². The largest absolute Gasteiger partial charge is 0.253 e. The summed E-state index contributed by atoms with van der Waals surface area (Å²) in [5.74, 6) is 0. The zero-order valence-electron chi connectivity index (χ0n) is 10.4. The average molecular weight is 268 g/mol. The molecule has 0 saturated heterocycles. The van der Waals surface area contributed by atoms with Crippen molar-refractivity contribution in [2.75, 3.05) is 0 Å². The topological polar surface area (TPSA) is 12.9 Å². The summed E-state index contributed by atoms with van der Waals surface area (Å²) < 4.78 is 0. The molecule has 2 aromatic rings. The predicted octanol–water partition coefficient (Wildman–Crippen LogP) is 5.15. The Hall–Kier alpha value is -0.790. The average Bonchev–Trinajstić information content (AvgIpc) is 2.14. The highest BCUT2D eigenvalue weighted by Gasteiger charge is 2.22. The van der Waals surface area contributed by atoms with Crippen molar-refractivity contribution in [3.63, 3.8) is 0 Å². The van der Waals surface area contributed by atoms with Crippen LogP contribution in [0.3, 0.4) is 0 Å². The van der Waals surface area contributed by atoms with Crippen LogP contribution >= 0.6 is 23.2 Å². The lowest BCUT2D eigenvalue weighted by atomic mass is 9.85. The van der Waals surface area contributed by atoms with Crippen LogP contribution in [-0.2, 0) is 5.41 Å². The van der Waals surface area contributed by atoms with E-state index >= 15 is 0 Å². The fourth-order valence-electron chi connectivity index (χ4n) is 2.03. The predicted molar refractivity (Wildman–Crippen MR) is 75.2 cm³/mol. The van der Waals surface area contributed by atoms with Crippen LogP contribution < -0.4 is 0 Å². The molecule has 3 heteroatoms. The van der Waals surface area contributed by atoms with E-state index in [1.807, 2.05) is 25.1 Å². The highest BCUT2D eigenvalue weighted by molar-refractivity contribution is 6.39. The number of pyridine rings is 1. The molecule has 0 unspecified atom stereocenters. The molecular weight excluding hydrogens is 253 g/mol. The van der Waals surface area contributed by atoms with E-state index in [1.165, 1.54) is 0 Å². The Morgan fingerprint density at radius 1 is 1.06 bits per heavy atom. The molecular formula is C14H15Cl2N. The van der Waals surface area contributed by atoms with Gasteiger partial charge in [0.2, 0.25) is 0 Å². The lowest BCUT2D eigenvalue weighted by Gasteiger charge is -2.23. The number of aromatic nitrogens is 1. The van der Waals surface area contributed by atoms with E-state index < -0.39 is 0 Å². The van der Waals surface area contributed by atoms with Gasteiger partial charge in [-0.15, -0.1) is 0 Å². The fraction of sp³-hybridized carbons (Fsp3) is 0.357. The van der Waals surface area contributed by atoms with Gasteiger partial charge in [0.1, 0.15) is 0 Å². The Labute approximate surface area is 112 Å². The van der Waals surface area contributed by atoms with Crippen LogP contribution in [0, 0.1) is 6.92 Å². The van der Waals surface area contributed by atoms with E-state index in [1.54, 1.807) is 0 Å². The molecule has 0 aliphatic heterocycles. The lowest BCUT2D eigenvalue weighted by molar-refractivity contribution is 0.595. The Balaban J connectivity index is 2.95. The first kappa shape index (κ1) is 12.7. The fourth-order valence-corrected chi connectivity index (χ4v) is 2.83. The highest BCUT2D eigenvalue weighted by Crippen LogP contribution is 2.38. The molecule has 1 heterocycles. The molecule has 0 atom stereocenters. The van der Waals surface area contributed by atoms with Crippen LogP contribution in [-0.4, -0.2) is 4.98 Å². The normalized spacial score (nSPS) is 12.1. The van der Waals surface area contributed by atoms with Crippen molar-refractivity contribution in [2.45, 2.75) is 33.1 Å². The van der Waals surface area contributed by atoms with Crippen LogP contribution in [0.2, 0.25) is 10.0 Å². The van der Waals surface area contributed by atoms with E-state index in [4.69, 9.17) is 23.2 Å². The third-order valence-electron chi connectivity index (χ3n) is 2.77. The molecule has 0 amide bonds. The number of nitrogens with zero attached hydrogens (tertiary/aromatic N) is 1. The number of benzene rings is 1. The van der Waals surface area contributed by atoms with E-state index in [9.17, 15) is 0 Å². The zero-order valence-corrected chi connectivity index (χ0v) is 11.9. The maximum atomic E-state index is 6.32. The summed E-state index contributed by atoms with van der Waals surface area (Å²) >= 11 is 12.5. The Morgan fingerprint density at radius 2 is 1.71 bits per heavy atom. The van der Waals surface area contributed by atoms with E-state index in [0.717, 1.165) is 22.2 Å². The summed E-state index contributed by atoms with van der Waals surface area (Å²) in [4.78, 5) is 4.59. The molecule has 0 radical (unpaired) electrons. The van der Waals surface area contributed by atoms with Gasteiger partial charge in [-0.05, 0) is 30.5 Å². The first-order valence-electron chi connectivity index (χ1n) is 5.56. The second kappa shape index (κ2) is 4.15. The van der Waals surface area contributed by atoms with Crippen molar-refractivity contribution in [3.8, 4) is 0 Å². The minimum Gasteiger partial charge on any atom is -0.253 e. The summed E-state index contributed by atoms with van der Waals surface area (Å²) in [6, 6.07) is 5.78. The van der Waals surface area contributed by atoms with Crippen LogP contribution in [0.15, 0.2) is 18.2 Å². The Bertz CT molecular complexity index is 583. The van der Waals surface area contributed by atoms with Gasteiger partial charge in [-0.1, -0.05) is 44.0 Å². The van der Waals surface area contributed by atoms with Crippen LogP contribution in [0.25, 0.3) is 10.9 Å². The maximum Gasteiger partial charge on any atom is 0.0772 e. The van der Waals surface area contributed by atoms with Gasteiger partial charge in [0, 0.05) is 21.7 Å². The lowest BCUT2D eigenvalue weighted by Crippen LogP contribution is -2.13. The number of hydrogen-bond donors (Lipinski definition) is 0. The van der Waals surface area contributed by atoms with Crippen molar-refractivity contribution in [2.24, 2.45) is 0 Å². The molecule has 1 aromatic carbocycles. The van der Waals surface area contributed by atoms with Gasteiger partial charge < -0.3 is 0 Å². The number of aryl methyl sites for hydroxylation is 1. The molecule has 0 aliphatic rings. The molecule has 0 fully saturated rings. The van der Waals surface area contributed by atoms with Gasteiger partial charge in [0.05, 0.1) is 10.5 Å². The molecule has 0 spiro atoms. The molecule has 17 heavy (non-hydrogen) atoms. The molecule has 0 N–H and O–H groups in total. The highest BCUT2D eigenvalue weighted by atomic mass is 35.5. The molecule has 0 aliphatic carbocycles.